The van der Waals surface area contributed by atoms with Crippen molar-refractivity contribution in [3.8, 4) is 5.75 Å². The standard InChI is InChI=1S/C20H24N2O4S/c1-15(13-16-7-9-19(23)10-8-16)21(2)20(24)17-5-3-6-18(14-17)22-11-4-12-27(22,25)26/h3,5-10,14-15,23H,4,11-13H2,1-2H3. The summed E-state index contributed by atoms with van der Waals surface area (Å²) in [5.74, 6) is 0.207. The van der Waals surface area contributed by atoms with Gasteiger partial charge >= 0.3 is 0 Å². The van der Waals surface area contributed by atoms with Crippen molar-refractivity contribution >= 4 is 21.6 Å². The number of phenols is 1. The Morgan fingerprint density at radius 1 is 1.22 bits per heavy atom. The van der Waals surface area contributed by atoms with Crippen LogP contribution in [-0.2, 0) is 16.4 Å². The Morgan fingerprint density at radius 2 is 1.93 bits per heavy atom. The minimum Gasteiger partial charge on any atom is -0.508 e. The number of anilines is 1. The predicted molar refractivity (Wildman–Crippen MR) is 106 cm³/mol. The van der Waals surface area contributed by atoms with Crippen LogP contribution in [-0.4, -0.2) is 49.7 Å². The molecule has 0 bridgehead atoms. The van der Waals surface area contributed by atoms with Crippen LogP contribution in [0.5, 0.6) is 5.75 Å². The maximum absolute atomic E-state index is 12.9. The Balaban J connectivity index is 1.74. The first-order valence-corrected chi connectivity index (χ1v) is 10.5. The lowest BCUT2D eigenvalue weighted by Crippen LogP contribution is -2.36. The minimum atomic E-state index is -3.28. The number of hydrogen-bond acceptors (Lipinski definition) is 4. The number of carbonyl (C=O) groups excluding carboxylic acids is 1. The average Bonchev–Trinajstić information content (AvgIpc) is 3.01. The van der Waals surface area contributed by atoms with Crippen molar-refractivity contribution in [3.05, 3.63) is 59.7 Å². The van der Waals surface area contributed by atoms with E-state index in [1.165, 1.54) is 4.31 Å². The summed E-state index contributed by atoms with van der Waals surface area (Å²) in [6.45, 7) is 2.41. The molecular weight excluding hydrogens is 364 g/mol. The van der Waals surface area contributed by atoms with Crippen LogP contribution in [0.15, 0.2) is 48.5 Å². The van der Waals surface area contributed by atoms with Gasteiger partial charge in [-0.25, -0.2) is 8.42 Å². The molecule has 1 heterocycles. The van der Waals surface area contributed by atoms with Crippen molar-refractivity contribution in [3.63, 3.8) is 0 Å². The highest BCUT2D eigenvalue weighted by Gasteiger charge is 2.29. The highest BCUT2D eigenvalue weighted by molar-refractivity contribution is 7.93. The van der Waals surface area contributed by atoms with E-state index < -0.39 is 10.0 Å². The topological polar surface area (TPSA) is 77.9 Å². The number of likely N-dealkylation sites (N-methyl/N-ethyl adjacent to an activating group) is 1. The Kier molecular flexibility index (Phi) is 5.41. The van der Waals surface area contributed by atoms with Gasteiger partial charge in [0.2, 0.25) is 10.0 Å². The van der Waals surface area contributed by atoms with Gasteiger partial charge in [-0.2, -0.15) is 0 Å². The smallest absolute Gasteiger partial charge is 0.253 e. The highest BCUT2D eigenvalue weighted by Crippen LogP contribution is 2.25. The van der Waals surface area contributed by atoms with Crippen molar-refractivity contribution in [1.29, 1.82) is 0 Å². The van der Waals surface area contributed by atoms with Crippen LogP contribution in [0.4, 0.5) is 5.69 Å². The van der Waals surface area contributed by atoms with Crippen LogP contribution in [0.25, 0.3) is 0 Å². The van der Waals surface area contributed by atoms with E-state index in [-0.39, 0.29) is 23.5 Å². The molecule has 2 aromatic carbocycles. The number of sulfonamides is 1. The van der Waals surface area contributed by atoms with E-state index in [9.17, 15) is 18.3 Å². The number of aromatic hydroxyl groups is 1. The molecule has 0 aliphatic carbocycles. The molecule has 1 fully saturated rings. The molecule has 0 spiro atoms. The van der Waals surface area contributed by atoms with Crippen molar-refractivity contribution in [2.24, 2.45) is 0 Å². The quantitative estimate of drug-likeness (QED) is 0.854. The summed E-state index contributed by atoms with van der Waals surface area (Å²) in [6, 6.07) is 13.7. The summed E-state index contributed by atoms with van der Waals surface area (Å²) < 4.78 is 25.6. The second kappa shape index (κ2) is 7.60. The minimum absolute atomic E-state index is 0.0544. The Morgan fingerprint density at radius 3 is 2.56 bits per heavy atom. The van der Waals surface area contributed by atoms with Gasteiger partial charge in [0.25, 0.3) is 5.91 Å². The molecule has 6 nitrogen and oxygen atoms in total. The first-order valence-electron chi connectivity index (χ1n) is 8.93. The fourth-order valence-corrected chi connectivity index (χ4v) is 4.79. The number of rotatable bonds is 5. The first-order chi connectivity index (χ1) is 12.8. The van der Waals surface area contributed by atoms with Gasteiger partial charge in [-0.05, 0) is 55.7 Å². The van der Waals surface area contributed by atoms with Gasteiger partial charge in [-0.3, -0.25) is 9.10 Å². The molecule has 1 aliphatic heterocycles. The molecule has 1 amide bonds. The number of phenolic OH excluding ortho intramolecular Hbond substituents is 1. The zero-order valence-corrected chi connectivity index (χ0v) is 16.3. The summed E-state index contributed by atoms with van der Waals surface area (Å²) in [5.41, 5.74) is 2.03. The number of amides is 1. The highest BCUT2D eigenvalue weighted by atomic mass is 32.2. The molecule has 1 aliphatic rings. The van der Waals surface area contributed by atoms with Gasteiger partial charge in [-0.1, -0.05) is 18.2 Å². The largest absolute Gasteiger partial charge is 0.508 e. The van der Waals surface area contributed by atoms with Gasteiger partial charge in [-0.15, -0.1) is 0 Å². The zero-order chi connectivity index (χ0) is 19.6. The van der Waals surface area contributed by atoms with Gasteiger partial charge in [0.15, 0.2) is 0 Å². The molecule has 7 heteroatoms. The van der Waals surface area contributed by atoms with E-state index in [2.05, 4.69) is 0 Å². The average molecular weight is 388 g/mol. The van der Waals surface area contributed by atoms with Gasteiger partial charge in [0.05, 0.1) is 11.4 Å². The molecule has 2 aromatic rings. The fraction of sp³-hybridized carbons (Fsp3) is 0.350. The van der Waals surface area contributed by atoms with Crippen LogP contribution >= 0.6 is 0 Å². The zero-order valence-electron chi connectivity index (χ0n) is 15.5. The molecule has 27 heavy (non-hydrogen) atoms. The van der Waals surface area contributed by atoms with E-state index in [1.54, 1.807) is 48.3 Å². The Hall–Kier alpha value is -2.54. The van der Waals surface area contributed by atoms with Crippen LogP contribution in [0, 0.1) is 0 Å². The third kappa shape index (κ3) is 4.24. The van der Waals surface area contributed by atoms with Crippen LogP contribution in [0.1, 0.15) is 29.3 Å². The molecule has 0 radical (unpaired) electrons. The lowest BCUT2D eigenvalue weighted by atomic mass is 10.0. The molecular formula is C20H24N2O4S. The number of hydrogen-bond donors (Lipinski definition) is 1. The van der Waals surface area contributed by atoms with E-state index in [0.717, 1.165) is 5.56 Å². The molecule has 144 valence electrons. The van der Waals surface area contributed by atoms with Crippen molar-refractivity contribution in [2.75, 3.05) is 23.7 Å². The molecule has 0 aromatic heterocycles. The normalized spacial score (nSPS) is 16.9. The molecule has 1 atom stereocenters. The third-order valence-corrected chi connectivity index (χ3v) is 6.80. The van der Waals surface area contributed by atoms with Crippen LogP contribution in [0.2, 0.25) is 0 Å². The summed E-state index contributed by atoms with van der Waals surface area (Å²) in [7, 11) is -1.53. The number of carbonyl (C=O) groups is 1. The van der Waals surface area contributed by atoms with Crippen LogP contribution in [0.3, 0.4) is 0 Å². The SMILES string of the molecule is CC(Cc1ccc(O)cc1)N(C)C(=O)c1cccc(N2CCCS2(=O)=O)c1. The first kappa shape index (κ1) is 19.2. The summed E-state index contributed by atoms with van der Waals surface area (Å²) >= 11 is 0. The molecule has 3 rings (SSSR count). The van der Waals surface area contributed by atoms with E-state index in [1.807, 2.05) is 19.1 Å². The van der Waals surface area contributed by atoms with Gasteiger partial charge in [0, 0.05) is 25.2 Å². The lowest BCUT2D eigenvalue weighted by Gasteiger charge is -2.26. The van der Waals surface area contributed by atoms with Crippen molar-refractivity contribution in [1.82, 2.24) is 4.90 Å². The predicted octanol–water partition coefficient (Wildman–Crippen LogP) is 2.64. The van der Waals surface area contributed by atoms with Gasteiger partial charge in [0.1, 0.15) is 5.75 Å². The number of nitrogens with zero attached hydrogens (tertiary/aromatic N) is 2. The maximum Gasteiger partial charge on any atom is 0.253 e. The van der Waals surface area contributed by atoms with Crippen LogP contribution < -0.4 is 4.31 Å². The van der Waals surface area contributed by atoms with Gasteiger partial charge < -0.3 is 10.0 Å². The second-order valence-electron chi connectivity index (χ2n) is 6.93. The monoisotopic (exact) mass is 388 g/mol. The summed E-state index contributed by atoms with van der Waals surface area (Å²) in [4.78, 5) is 14.5. The Labute approximate surface area is 160 Å². The van der Waals surface area contributed by atoms with Crippen molar-refractivity contribution in [2.45, 2.75) is 25.8 Å². The summed E-state index contributed by atoms with van der Waals surface area (Å²) in [6.07, 6.45) is 1.26. The molecule has 1 unspecified atom stereocenters. The summed E-state index contributed by atoms with van der Waals surface area (Å²) in [5, 5.41) is 9.38. The third-order valence-electron chi connectivity index (χ3n) is 4.93. The van der Waals surface area contributed by atoms with E-state index in [4.69, 9.17) is 0 Å². The lowest BCUT2D eigenvalue weighted by molar-refractivity contribution is 0.0743. The second-order valence-corrected chi connectivity index (χ2v) is 8.94. The molecule has 1 saturated heterocycles. The Bertz CT molecular complexity index is 925. The fourth-order valence-electron chi connectivity index (χ4n) is 3.24. The molecule has 1 N–H and O–H groups in total. The number of benzene rings is 2. The molecule has 0 saturated carbocycles. The van der Waals surface area contributed by atoms with Crippen molar-refractivity contribution < 1.29 is 18.3 Å². The maximum atomic E-state index is 12.9. The van der Waals surface area contributed by atoms with E-state index >= 15 is 0 Å². The van der Waals surface area contributed by atoms with E-state index in [0.29, 0.717) is 30.6 Å².